The minimum absolute atomic E-state index is 0.00296. The molecule has 1 aliphatic heterocycles. The molecule has 0 saturated heterocycles. The molecule has 2 aromatic carbocycles. The zero-order chi connectivity index (χ0) is 14.2. The van der Waals surface area contributed by atoms with Crippen molar-refractivity contribution in [3.63, 3.8) is 0 Å². The monoisotopic (exact) mass is 285 g/mol. The van der Waals surface area contributed by atoms with E-state index in [0.717, 1.165) is 0 Å². The number of nitrogens with zero attached hydrogens (tertiary/aromatic N) is 1. The Morgan fingerprint density at radius 2 is 1.65 bits per heavy atom. The number of phenolic OH excluding ortho intramolecular Hbond substituents is 1. The van der Waals surface area contributed by atoms with Gasteiger partial charge < -0.3 is 5.11 Å². The Balaban J connectivity index is 2.28. The Hall–Kier alpha value is -2.40. The minimum atomic E-state index is -3.72. The van der Waals surface area contributed by atoms with E-state index in [9.17, 15) is 13.5 Å². The van der Waals surface area contributed by atoms with Crippen molar-refractivity contribution in [2.24, 2.45) is 4.99 Å². The van der Waals surface area contributed by atoms with Gasteiger partial charge in [0, 0.05) is 23.5 Å². The van der Waals surface area contributed by atoms with Crippen LogP contribution in [-0.2, 0) is 9.84 Å². The van der Waals surface area contributed by atoms with E-state index in [4.69, 9.17) is 0 Å². The van der Waals surface area contributed by atoms with E-state index in [-0.39, 0.29) is 21.1 Å². The van der Waals surface area contributed by atoms with E-state index in [0.29, 0.717) is 5.56 Å². The molecule has 1 aliphatic rings. The molecule has 20 heavy (non-hydrogen) atoms. The van der Waals surface area contributed by atoms with Gasteiger partial charge in [-0.3, -0.25) is 4.99 Å². The van der Waals surface area contributed by atoms with E-state index in [1.54, 1.807) is 36.4 Å². The summed E-state index contributed by atoms with van der Waals surface area (Å²) in [6, 6.07) is 13.0. The van der Waals surface area contributed by atoms with Gasteiger partial charge in [0.05, 0.1) is 4.90 Å². The van der Waals surface area contributed by atoms with Crippen LogP contribution in [-0.4, -0.2) is 19.7 Å². The second-order valence-electron chi connectivity index (χ2n) is 4.33. The molecule has 0 radical (unpaired) electrons. The lowest BCUT2D eigenvalue weighted by molar-refractivity contribution is 0.473. The van der Waals surface area contributed by atoms with Gasteiger partial charge in [0.15, 0.2) is 0 Å². The van der Waals surface area contributed by atoms with Gasteiger partial charge in [-0.15, -0.1) is 0 Å². The summed E-state index contributed by atoms with van der Waals surface area (Å²) in [5.74, 6) is -0.0862. The topological polar surface area (TPSA) is 66.7 Å². The number of benzene rings is 2. The van der Waals surface area contributed by atoms with Crippen molar-refractivity contribution < 1.29 is 13.5 Å². The summed E-state index contributed by atoms with van der Waals surface area (Å²) < 4.78 is 25.4. The first-order chi connectivity index (χ1) is 9.60. The third-order valence-corrected chi connectivity index (χ3v) is 4.93. The van der Waals surface area contributed by atoms with Crippen LogP contribution >= 0.6 is 0 Å². The van der Waals surface area contributed by atoms with Crippen LogP contribution in [0.2, 0.25) is 0 Å². The number of phenols is 1. The van der Waals surface area contributed by atoms with Crippen molar-refractivity contribution in [2.75, 3.05) is 0 Å². The van der Waals surface area contributed by atoms with E-state index in [1.165, 1.54) is 24.5 Å². The summed E-state index contributed by atoms with van der Waals surface area (Å²) in [4.78, 5) is 4.22. The molecule has 4 nitrogen and oxygen atoms in total. The molecule has 1 heterocycles. The van der Waals surface area contributed by atoms with Gasteiger partial charge in [-0.1, -0.05) is 30.3 Å². The molecule has 3 rings (SSSR count). The van der Waals surface area contributed by atoms with Crippen molar-refractivity contribution in [1.29, 1.82) is 0 Å². The zero-order valence-electron chi connectivity index (χ0n) is 10.4. The minimum Gasteiger partial charge on any atom is -0.507 e. The molecular weight excluding hydrogens is 274 g/mol. The first kappa shape index (κ1) is 12.6. The maximum absolute atomic E-state index is 12.7. The lowest BCUT2D eigenvalue weighted by Crippen LogP contribution is -2.06. The second kappa shape index (κ2) is 4.61. The average Bonchev–Trinajstić information content (AvgIpc) is 2.57. The fourth-order valence-corrected chi connectivity index (χ4v) is 3.69. The number of aliphatic imine (C=N–C) groups is 1. The smallest absolute Gasteiger partial charge is 0.209 e. The maximum Gasteiger partial charge on any atom is 0.209 e. The van der Waals surface area contributed by atoms with Crippen LogP contribution in [0.5, 0.6) is 5.75 Å². The molecule has 1 N–H and O–H groups in total. The van der Waals surface area contributed by atoms with E-state index in [1.807, 2.05) is 0 Å². The van der Waals surface area contributed by atoms with Gasteiger partial charge in [-0.2, -0.15) is 0 Å². The fourth-order valence-electron chi connectivity index (χ4n) is 2.10. The molecule has 5 heteroatoms. The molecule has 0 aliphatic carbocycles. The summed E-state index contributed by atoms with van der Waals surface area (Å²) in [7, 11) is -3.72. The highest BCUT2D eigenvalue weighted by atomic mass is 32.2. The summed E-state index contributed by atoms with van der Waals surface area (Å²) in [6.07, 6.45) is 2.77. The van der Waals surface area contributed by atoms with Gasteiger partial charge in [0.1, 0.15) is 10.7 Å². The number of aromatic hydroxyl groups is 1. The first-order valence-corrected chi connectivity index (χ1v) is 7.45. The molecule has 0 atom stereocenters. The van der Waals surface area contributed by atoms with Gasteiger partial charge in [0.25, 0.3) is 0 Å². The Morgan fingerprint density at radius 3 is 2.45 bits per heavy atom. The first-order valence-electron chi connectivity index (χ1n) is 5.96. The SMILES string of the molecule is O=S1(=O)C(c2ccccc2O)=CN=Cc2ccccc21. The molecule has 2 aromatic rings. The molecule has 0 unspecified atom stereocenters. The molecule has 0 aromatic heterocycles. The number of fused-ring (bicyclic) bond motifs is 1. The van der Waals surface area contributed by atoms with Crippen molar-refractivity contribution in [2.45, 2.75) is 4.90 Å². The van der Waals surface area contributed by atoms with Crippen LogP contribution in [0.1, 0.15) is 11.1 Å². The van der Waals surface area contributed by atoms with Crippen LogP contribution in [0.4, 0.5) is 0 Å². The highest BCUT2D eigenvalue weighted by Gasteiger charge is 2.27. The van der Waals surface area contributed by atoms with Crippen molar-refractivity contribution in [3.8, 4) is 5.75 Å². The predicted octanol–water partition coefficient (Wildman–Crippen LogP) is 2.60. The Labute approximate surface area is 116 Å². The second-order valence-corrected chi connectivity index (χ2v) is 6.22. The third kappa shape index (κ3) is 1.92. The van der Waals surface area contributed by atoms with Gasteiger partial charge in [-0.25, -0.2) is 8.42 Å². The van der Waals surface area contributed by atoms with Crippen molar-refractivity contribution in [1.82, 2.24) is 0 Å². The number of para-hydroxylation sites is 1. The van der Waals surface area contributed by atoms with Crippen LogP contribution < -0.4 is 0 Å². The third-order valence-electron chi connectivity index (χ3n) is 3.07. The quantitative estimate of drug-likeness (QED) is 0.875. The standard InChI is InChI=1S/C15H11NO3S/c17-13-7-3-2-6-12(13)15-10-16-9-11-5-1-4-8-14(11)20(15,18)19/h1-10,17H. The van der Waals surface area contributed by atoms with Crippen LogP contribution in [0.15, 0.2) is 64.6 Å². The van der Waals surface area contributed by atoms with Crippen molar-refractivity contribution in [3.05, 3.63) is 65.9 Å². The summed E-state index contributed by atoms with van der Waals surface area (Å²) in [5, 5.41) is 9.88. The van der Waals surface area contributed by atoms with E-state index in [2.05, 4.69) is 4.99 Å². The molecule has 0 spiro atoms. The van der Waals surface area contributed by atoms with Gasteiger partial charge >= 0.3 is 0 Å². The van der Waals surface area contributed by atoms with E-state index >= 15 is 0 Å². The molecule has 0 bridgehead atoms. The molecule has 0 amide bonds. The maximum atomic E-state index is 12.7. The number of rotatable bonds is 1. The van der Waals surface area contributed by atoms with Gasteiger partial charge in [-0.05, 0) is 18.2 Å². The number of sulfone groups is 1. The Kier molecular flexibility index (Phi) is 2.91. The summed E-state index contributed by atoms with van der Waals surface area (Å²) in [6.45, 7) is 0. The Bertz CT molecular complexity index is 836. The fraction of sp³-hybridized carbons (Fsp3) is 0. The molecule has 0 saturated carbocycles. The normalized spacial score (nSPS) is 16.1. The van der Waals surface area contributed by atoms with Crippen molar-refractivity contribution >= 4 is 21.0 Å². The van der Waals surface area contributed by atoms with Crippen LogP contribution in [0, 0.1) is 0 Å². The Morgan fingerprint density at radius 1 is 0.950 bits per heavy atom. The highest BCUT2D eigenvalue weighted by Crippen LogP contribution is 2.35. The largest absolute Gasteiger partial charge is 0.507 e. The molecular formula is C15H11NO3S. The summed E-state index contributed by atoms with van der Waals surface area (Å²) in [5.41, 5.74) is 0.788. The van der Waals surface area contributed by atoms with Gasteiger partial charge in [0.2, 0.25) is 9.84 Å². The summed E-state index contributed by atoms with van der Waals surface area (Å²) >= 11 is 0. The molecule has 0 fully saturated rings. The predicted molar refractivity (Wildman–Crippen MR) is 77.3 cm³/mol. The lowest BCUT2D eigenvalue weighted by atomic mass is 10.2. The number of hydrogen-bond acceptors (Lipinski definition) is 4. The number of hydrogen-bond donors (Lipinski definition) is 1. The van der Waals surface area contributed by atoms with E-state index < -0.39 is 9.84 Å². The highest BCUT2D eigenvalue weighted by molar-refractivity contribution is 8.00. The van der Waals surface area contributed by atoms with Crippen LogP contribution in [0.3, 0.4) is 0 Å². The zero-order valence-corrected chi connectivity index (χ0v) is 11.2. The lowest BCUT2D eigenvalue weighted by Gasteiger charge is -2.10. The van der Waals surface area contributed by atoms with Crippen LogP contribution in [0.25, 0.3) is 4.91 Å². The molecule has 100 valence electrons. The average molecular weight is 285 g/mol.